The molecular formula is C15H10F2O4. The molecule has 0 saturated heterocycles. The Hall–Kier alpha value is -2.50. The maximum Gasteiger partial charge on any atom is 0.586 e. The van der Waals surface area contributed by atoms with Crippen molar-refractivity contribution < 1.29 is 27.7 Å². The van der Waals surface area contributed by atoms with Crippen LogP contribution in [0, 0.1) is 0 Å². The molecule has 0 saturated carbocycles. The third kappa shape index (κ3) is 2.03. The largest absolute Gasteiger partial charge is 0.586 e. The first-order valence-corrected chi connectivity index (χ1v) is 6.41. The molecule has 2 aromatic carbocycles. The van der Waals surface area contributed by atoms with Gasteiger partial charge in [0, 0.05) is 5.56 Å². The number of halogens is 2. The fourth-order valence-corrected chi connectivity index (χ4v) is 2.41. The van der Waals surface area contributed by atoms with Gasteiger partial charge in [-0.3, -0.25) is 0 Å². The van der Waals surface area contributed by atoms with Gasteiger partial charge in [0.25, 0.3) is 0 Å². The molecule has 0 atom stereocenters. The second kappa shape index (κ2) is 4.25. The van der Waals surface area contributed by atoms with Crippen LogP contribution in [0.3, 0.4) is 0 Å². The summed E-state index contributed by atoms with van der Waals surface area (Å²) in [5.74, 6) is 1.27. The number of rotatable bonds is 1. The van der Waals surface area contributed by atoms with Gasteiger partial charge >= 0.3 is 6.29 Å². The fourth-order valence-electron chi connectivity index (χ4n) is 2.41. The average Bonchev–Trinajstić information content (AvgIpc) is 2.80. The van der Waals surface area contributed by atoms with Gasteiger partial charge in [-0.1, -0.05) is 18.2 Å². The SMILES string of the molecule is FC1(F)Oc2cccc(-c3ccc4c(c3)OCCO4)c2O1. The molecule has 4 rings (SSSR count). The molecule has 2 aliphatic rings. The van der Waals surface area contributed by atoms with Crippen molar-refractivity contribution in [2.45, 2.75) is 6.29 Å². The number of hydrogen-bond donors (Lipinski definition) is 0. The minimum atomic E-state index is -3.63. The summed E-state index contributed by atoms with van der Waals surface area (Å²) >= 11 is 0. The van der Waals surface area contributed by atoms with Gasteiger partial charge in [-0.25, -0.2) is 0 Å². The Morgan fingerprint density at radius 1 is 0.857 bits per heavy atom. The summed E-state index contributed by atoms with van der Waals surface area (Å²) in [6, 6.07) is 10.0. The van der Waals surface area contributed by atoms with E-state index in [0.717, 1.165) is 0 Å². The Labute approximate surface area is 118 Å². The molecule has 2 heterocycles. The molecule has 108 valence electrons. The summed E-state index contributed by atoms with van der Waals surface area (Å²) in [6.45, 7) is 0.956. The number of para-hydroxylation sites is 1. The van der Waals surface area contributed by atoms with E-state index in [1.807, 2.05) is 0 Å². The number of fused-ring (bicyclic) bond motifs is 2. The van der Waals surface area contributed by atoms with Crippen molar-refractivity contribution in [1.82, 2.24) is 0 Å². The van der Waals surface area contributed by atoms with Crippen LogP contribution in [-0.4, -0.2) is 19.5 Å². The predicted molar refractivity (Wildman–Crippen MR) is 69.1 cm³/mol. The fraction of sp³-hybridized carbons (Fsp3) is 0.200. The van der Waals surface area contributed by atoms with Crippen molar-refractivity contribution in [3.8, 4) is 34.1 Å². The van der Waals surface area contributed by atoms with E-state index in [-0.39, 0.29) is 11.5 Å². The molecule has 21 heavy (non-hydrogen) atoms. The van der Waals surface area contributed by atoms with Crippen LogP contribution in [0.2, 0.25) is 0 Å². The zero-order chi connectivity index (χ0) is 14.4. The topological polar surface area (TPSA) is 36.9 Å². The van der Waals surface area contributed by atoms with E-state index in [4.69, 9.17) is 9.47 Å². The minimum absolute atomic E-state index is 0.0207. The Morgan fingerprint density at radius 2 is 1.67 bits per heavy atom. The van der Waals surface area contributed by atoms with Crippen LogP contribution in [0.4, 0.5) is 8.78 Å². The summed E-state index contributed by atoms with van der Waals surface area (Å²) in [6.07, 6.45) is -3.63. The van der Waals surface area contributed by atoms with Crippen LogP contribution in [0.5, 0.6) is 23.0 Å². The summed E-state index contributed by atoms with van der Waals surface area (Å²) in [4.78, 5) is 0. The molecule has 0 unspecified atom stereocenters. The highest BCUT2D eigenvalue weighted by Crippen LogP contribution is 2.48. The minimum Gasteiger partial charge on any atom is -0.486 e. The van der Waals surface area contributed by atoms with Gasteiger partial charge in [-0.2, -0.15) is 0 Å². The number of ether oxygens (including phenoxy) is 4. The first-order valence-electron chi connectivity index (χ1n) is 6.41. The van der Waals surface area contributed by atoms with Crippen LogP contribution >= 0.6 is 0 Å². The van der Waals surface area contributed by atoms with Crippen LogP contribution in [0.1, 0.15) is 0 Å². The van der Waals surface area contributed by atoms with E-state index in [0.29, 0.717) is 35.8 Å². The van der Waals surface area contributed by atoms with E-state index in [1.54, 1.807) is 30.3 Å². The van der Waals surface area contributed by atoms with Crippen molar-refractivity contribution in [3.63, 3.8) is 0 Å². The van der Waals surface area contributed by atoms with E-state index in [2.05, 4.69) is 9.47 Å². The number of alkyl halides is 2. The van der Waals surface area contributed by atoms with Crippen molar-refractivity contribution in [3.05, 3.63) is 36.4 Å². The Morgan fingerprint density at radius 3 is 2.52 bits per heavy atom. The van der Waals surface area contributed by atoms with Crippen molar-refractivity contribution >= 4 is 0 Å². The molecule has 0 N–H and O–H groups in total. The highest BCUT2D eigenvalue weighted by atomic mass is 19.3. The van der Waals surface area contributed by atoms with Crippen LogP contribution in [0.25, 0.3) is 11.1 Å². The lowest BCUT2D eigenvalue weighted by Crippen LogP contribution is -2.26. The van der Waals surface area contributed by atoms with Gasteiger partial charge in [0.1, 0.15) is 13.2 Å². The van der Waals surface area contributed by atoms with Crippen LogP contribution in [-0.2, 0) is 0 Å². The van der Waals surface area contributed by atoms with Gasteiger partial charge in [0.2, 0.25) is 0 Å². The Kier molecular flexibility index (Phi) is 2.48. The van der Waals surface area contributed by atoms with Gasteiger partial charge in [-0.15, -0.1) is 8.78 Å². The van der Waals surface area contributed by atoms with Crippen LogP contribution in [0.15, 0.2) is 36.4 Å². The molecule has 0 spiro atoms. The predicted octanol–water partition coefficient (Wildman–Crippen LogP) is 3.45. The molecule has 0 aromatic heterocycles. The van der Waals surface area contributed by atoms with Gasteiger partial charge in [-0.05, 0) is 23.8 Å². The first-order chi connectivity index (χ1) is 10.1. The smallest absolute Gasteiger partial charge is 0.486 e. The summed E-state index contributed by atoms with van der Waals surface area (Å²) in [5, 5.41) is 0. The van der Waals surface area contributed by atoms with Gasteiger partial charge in [0.05, 0.1) is 0 Å². The normalized spacial score (nSPS) is 17.6. The molecule has 0 amide bonds. The first kappa shape index (κ1) is 12.3. The quantitative estimate of drug-likeness (QED) is 0.806. The highest BCUT2D eigenvalue weighted by Gasteiger charge is 2.44. The third-order valence-corrected chi connectivity index (χ3v) is 3.28. The summed E-state index contributed by atoms with van der Waals surface area (Å²) in [5.41, 5.74) is 1.21. The maximum atomic E-state index is 13.2. The molecule has 4 nitrogen and oxygen atoms in total. The zero-order valence-electron chi connectivity index (χ0n) is 10.8. The van der Waals surface area contributed by atoms with E-state index < -0.39 is 6.29 Å². The van der Waals surface area contributed by atoms with Gasteiger partial charge < -0.3 is 18.9 Å². The van der Waals surface area contributed by atoms with Crippen molar-refractivity contribution in [2.75, 3.05) is 13.2 Å². The number of benzene rings is 2. The summed E-state index contributed by atoms with van der Waals surface area (Å²) in [7, 11) is 0. The average molecular weight is 292 g/mol. The molecule has 2 aliphatic heterocycles. The second-order valence-electron chi connectivity index (χ2n) is 4.66. The van der Waals surface area contributed by atoms with E-state index in [1.165, 1.54) is 6.07 Å². The lowest BCUT2D eigenvalue weighted by atomic mass is 10.0. The highest BCUT2D eigenvalue weighted by molar-refractivity contribution is 5.76. The molecule has 2 aromatic rings. The van der Waals surface area contributed by atoms with E-state index >= 15 is 0 Å². The van der Waals surface area contributed by atoms with Crippen molar-refractivity contribution in [2.24, 2.45) is 0 Å². The lowest BCUT2D eigenvalue weighted by molar-refractivity contribution is -0.286. The number of hydrogen-bond acceptors (Lipinski definition) is 4. The van der Waals surface area contributed by atoms with Gasteiger partial charge in [0.15, 0.2) is 23.0 Å². The molecule has 0 radical (unpaired) electrons. The molecule has 0 fully saturated rings. The van der Waals surface area contributed by atoms with Crippen molar-refractivity contribution in [1.29, 1.82) is 0 Å². The summed E-state index contributed by atoms with van der Waals surface area (Å²) < 4.78 is 46.4. The molecule has 0 bridgehead atoms. The molecule has 6 heteroatoms. The second-order valence-corrected chi connectivity index (χ2v) is 4.66. The molecule has 0 aliphatic carbocycles. The lowest BCUT2D eigenvalue weighted by Gasteiger charge is -2.19. The Bertz CT molecular complexity index is 715. The Balaban J connectivity index is 1.80. The maximum absolute atomic E-state index is 13.2. The molecular weight excluding hydrogens is 282 g/mol. The standard InChI is InChI=1S/C15H10F2O4/c16-15(17)20-12-3-1-2-10(14(12)21-15)9-4-5-11-13(8-9)19-7-6-18-11/h1-5,8H,6-7H2. The van der Waals surface area contributed by atoms with E-state index in [9.17, 15) is 8.78 Å². The monoisotopic (exact) mass is 292 g/mol. The third-order valence-electron chi connectivity index (χ3n) is 3.28. The van der Waals surface area contributed by atoms with Crippen LogP contribution < -0.4 is 18.9 Å². The zero-order valence-corrected chi connectivity index (χ0v) is 10.8.